The number of halogens is 1. The molecule has 1 aliphatic carbocycles. The Bertz CT molecular complexity index is 985. The third-order valence-corrected chi connectivity index (χ3v) is 5.59. The Balaban J connectivity index is 1.73. The van der Waals surface area contributed by atoms with Gasteiger partial charge in [0.15, 0.2) is 0 Å². The van der Waals surface area contributed by atoms with Crippen molar-refractivity contribution in [2.24, 2.45) is 0 Å². The second-order valence-corrected chi connectivity index (χ2v) is 7.05. The van der Waals surface area contributed by atoms with E-state index in [1.54, 1.807) is 12.1 Å². The van der Waals surface area contributed by atoms with Crippen LogP contribution in [0.25, 0.3) is 16.3 Å². The molecule has 0 saturated heterocycles. The highest BCUT2D eigenvalue weighted by Gasteiger charge is 2.30. The fourth-order valence-electron chi connectivity index (χ4n) is 4.43. The maximum Gasteiger partial charge on any atom is 0.123 e. The van der Waals surface area contributed by atoms with E-state index < -0.39 is 0 Å². The molecule has 0 saturated carbocycles. The number of allylic oxidation sites excluding steroid dienone is 1. The second kappa shape index (κ2) is 5.73. The van der Waals surface area contributed by atoms with Crippen LogP contribution in [0.15, 0.2) is 66.2 Å². The third kappa shape index (κ3) is 2.36. The molecule has 0 aromatic heterocycles. The first-order valence-electron chi connectivity index (χ1n) is 9.07. The highest BCUT2D eigenvalue weighted by atomic mass is 19.1. The minimum absolute atomic E-state index is 0.157. The number of fused-ring (bicyclic) bond motifs is 4. The van der Waals surface area contributed by atoms with Crippen molar-refractivity contribution in [2.75, 3.05) is 5.32 Å². The van der Waals surface area contributed by atoms with E-state index in [-0.39, 0.29) is 11.9 Å². The fourth-order valence-corrected chi connectivity index (χ4v) is 4.43. The molecule has 2 aliphatic rings. The molecule has 2 heteroatoms. The van der Waals surface area contributed by atoms with Crippen LogP contribution < -0.4 is 5.32 Å². The average Bonchev–Trinajstić information content (AvgIpc) is 2.67. The van der Waals surface area contributed by atoms with Crippen LogP contribution in [0.1, 0.15) is 42.9 Å². The lowest BCUT2D eigenvalue weighted by atomic mass is 9.77. The smallest absolute Gasteiger partial charge is 0.123 e. The SMILES string of the molecule is Fc1ccc([C@@H]2Nc3ccc4ccccc4c3C3=C2CCCC3)cc1. The van der Waals surface area contributed by atoms with Gasteiger partial charge in [-0.3, -0.25) is 0 Å². The van der Waals surface area contributed by atoms with Crippen molar-refractivity contribution in [1.29, 1.82) is 0 Å². The maximum atomic E-state index is 13.4. The predicted octanol–water partition coefficient (Wildman–Crippen LogP) is 6.47. The van der Waals surface area contributed by atoms with Gasteiger partial charge in [0.05, 0.1) is 6.04 Å². The Morgan fingerprint density at radius 1 is 0.840 bits per heavy atom. The summed E-state index contributed by atoms with van der Waals surface area (Å²) in [6.07, 6.45) is 4.73. The molecule has 0 radical (unpaired) electrons. The molecule has 5 rings (SSSR count). The molecule has 1 aliphatic heterocycles. The summed E-state index contributed by atoms with van der Waals surface area (Å²) in [6.45, 7) is 0. The summed E-state index contributed by atoms with van der Waals surface area (Å²) in [5.41, 5.74) is 6.72. The van der Waals surface area contributed by atoms with Gasteiger partial charge in [0, 0.05) is 11.3 Å². The zero-order chi connectivity index (χ0) is 16.8. The van der Waals surface area contributed by atoms with Gasteiger partial charge in [-0.15, -0.1) is 0 Å². The Hall–Kier alpha value is -2.61. The molecule has 124 valence electrons. The van der Waals surface area contributed by atoms with Gasteiger partial charge in [-0.1, -0.05) is 42.5 Å². The second-order valence-electron chi connectivity index (χ2n) is 7.05. The molecule has 1 N–H and O–H groups in total. The van der Waals surface area contributed by atoms with E-state index in [2.05, 4.69) is 41.7 Å². The van der Waals surface area contributed by atoms with Crippen LogP contribution in [0.4, 0.5) is 10.1 Å². The summed E-state index contributed by atoms with van der Waals surface area (Å²) >= 11 is 0. The Morgan fingerprint density at radius 3 is 2.52 bits per heavy atom. The number of hydrogen-bond acceptors (Lipinski definition) is 1. The van der Waals surface area contributed by atoms with E-state index in [0.717, 1.165) is 18.4 Å². The predicted molar refractivity (Wildman–Crippen MR) is 102 cm³/mol. The first kappa shape index (κ1) is 14.7. The highest BCUT2D eigenvalue weighted by Crippen LogP contribution is 2.48. The molecule has 0 bridgehead atoms. The van der Waals surface area contributed by atoms with Crippen molar-refractivity contribution in [3.05, 3.63) is 83.2 Å². The first-order chi connectivity index (χ1) is 12.3. The molecular formula is C23H20FN. The van der Waals surface area contributed by atoms with E-state index in [9.17, 15) is 4.39 Å². The number of rotatable bonds is 1. The molecule has 3 aromatic carbocycles. The number of benzene rings is 3. The molecular weight excluding hydrogens is 309 g/mol. The normalized spacial score (nSPS) is 19.3. The summed E-state index contributed by atoms with van der Waals surface area (Å²) < 4.78 is 13.4. The molecule has 25 heavy (non-hydrogen) atoms. The number of hydrogen-bond donors (Lipinski definition) is 1. The molecule has 1 heterocycles. The minimum atomic E-state index is -0.177. The van der Waals surface area contributed by atoms with Gasteiger partial charge < -0.3 is 5.32 Å². The molecule has 0 amide bonds. The summed E-state index contributed by atoms with van der Waals surface area (Å²) in [5, 5.41) is 6.37. The van der Waals surface area contributed by atoms with Crippen LogP contribution in [0, 0.1) is 5.82 Å². The van der Waals surface area contributed by atoms with Crippen LogP contribution in [0.2, 0.25) is 0 Å². The summed E-state index contributed by atoms with van der Waals surface area (Å²) in [7, 11) is 0. The van der Waals surface area contributed by atoms with Crippen LogP contribution in [-0.2, 0) is 0 Å². The highest BCUT2D eigenvalue weighted by molar-refractivity contribution is 6.01. The van der Waals surface area contributed by atoms with Crippen molar-refractivity contribution in [3.8, 4) is 0 Å². The zero-order valence-electron chi connectivity index (χ0n) is 14.1. The molecule has 0 spiro atoms. The van der Waals surface area contributed by atoms with Gasteiger partial charge in [-0.05, 0) is 71.4 Å². The van der Waals surface area contributed by atoms with Crippen LogP contribution >= 0.6 is 0 Å². The van der Waals surface area contributed by atoms with Crippen LogP contribution in [0.3, 0.4) is 0 Å². The lowest BCUT2D eigenvalue weighted by molar-refractivity contribution is 0.625. The van der Waals surface area contributed by atoms with Gasteiger partial charge in [-0.2, -0.15) is 0 Å². The van der Waals surface area contributed by atoms with Crippen LogP contribution in [0.5, 0.6) is 0 Å². The largest absolute Gasteiger partial charge is 0.374 e. The summed E-state index contributed by atoms with van der Waals surface area (Å²) in [4.78, 5) is 0. The van der Waals surface area contributed by atoms with Crippen LogP contribution in [-0.4, -0.2) is 0 Å². The molecule has 3 aromatic rings. The lowest BCUT2D eigenvalue weighted by Crippen LogP contribution is -2.22. The van der Waals surface area contributed by atoms with E-state index in [1.807, 2.05) is 12.1 Å². The Morgan fingerprint density at radius 2 is 1.64 bits per heavy atom. The Labute approximate surface area is 147 Å². The summed E-state index contributed by atoms with van der Waals surface area (Å²) in [5.74, 6) is -0.177. The fraction of sp³-hybridized carbons (Fsp3) is 0.217. The zero-order valence-corrected chi connectivity index (χ0v) is 14.1. The van der Waals surface area contributed by atoms with Crippen molar-refractivity contribution >= 4 is 22.0 Å². The molecule has 1 atom stereocenters. The maximum absolute atomic E-state index is 13.4. The number of nitrogens with one attached hydrogen (secondary N) is 1. The minimum Gasteiger partial charge on any atom is -0.374 e. The van der Waals surface area contributed by atoms with E-state index >= 15 is 0 Å². The van der Waals surface area contributed by atoms with Crippen molar-refractivity contribution in [2.45, 2.75) is 31.7 Å². The quantitative estimate of drug-likeness (QED) is 0.539. The monoisotopic (exact) mass is 329 g/mol. The standard InChI is InChI=1S/C23H20FN/c24-17-12-9-16(10-13-17)23-20-8-4-3-7-19(20)22-18-6-2-1-5-15(18)11-14-21(22)25-23/h1-2,5-6,9-14,23,25H,3-4,7-8H2/t23-/m0/s1. The van der Waals surface area contributed by atoms with Crippen molar-refractivity contribution in [1.82, 2.24) is 0 Å². The first-order valence-corrected chi connectivity index (χ1v) is 9.07. The number of anilines is 1. The molecule has 0 unspecified atom stereocenters. The van der Waals surface area contributed by atoms with Gasteiger partial charge in [0.25, 0.3) is 0 Å². The van der Waals surface area contributed by atoms with Crippen molar-refractivity contribution < 1.29 is 4.39 Å². The van der Waals surface area contributed by atoms with Crippen molar-refractivity contribution in [3.63, 3.8) is 0 Å². The summed E-state index contributed by atoms with van der Waals surface area (Å²) in [6, 6.07) is 20.1. The topological polar surface area (TPSA) is 12.0 Å². The van der Waals surface area contributed by atoms with Gasteiger partial charge >= 0.3 is 0 Å². The third-order valence-electron chi connectivity index (χ3n) is 5.59. The van der Waals surface area contributed by atoms with Gasteiger partial charge in [-0.25, -0.2) is 4.39 Å². The lowest BCUT2D eigenvalue weighted by Gasteiger charge is -2.36. The van der Waals surface area contributed by atoms with Gasteiger partial charge in [0.2, 0.25) is 0 Å². The average molecular weight is 329 g/mol. The Kier molecular flexibility index (Phi) is 3.37. The van der Waals surface area contributed by atoms with E-state index in [0.29, 0.717) is 0 Å². The molecule has 0 fully saturated rings. The molecule has 1 nitrogen and oxygen atoms in total. The van der Waals surface area contributed by atoms with E-state index in [4.69, 9.17) is 0 Å². The van der Waals surface area contributed by atoms with E-state index in [1.165, 1.54) is 46.0 Å². The van der Waals surface area contributed by atoms with Gasteiger partial charge in [0.1, 0.15) is 5.82 Å².